The molecule has 0 atom stereocenters. The first kappa shape index (κ1) is 14.0. The van der Waals surface area contributed by atoms with Crippen molar-refractivity contribution in [2.24, 2.45) is 0 Å². The Balaban J connectivity index is 2.16. The maximum Gasteiger partial charge on any atom is 0.194 e. The SMILES string of the molecule is CNCCCc1ncc(-c2cc(I)ccc2Br)o1. The van der Waals surface area contributed by atoms with Gasteiger partial charge in [-0.15, -0.1) is 0 Å². The van der Waals surface area contributed by atoms with Gasteiger partial charge in [-0.3, -0.25) is 0 Å². The predicted octanol–water partition coefficient (Wildman–Crippen LogP) is 3.86. The molecule has 5 heteroatoms. The van der Waals surface area contributed by atoms with Crippen molar-refractivity contribution >= 4 is 38.5 Å². The highest BCUT2D eigenvalue weighted by Gasteiger charge is 2.10. The van der Waals surface area contributed by atoms with Crippen LogP contribution in [0.3, 0.4) is 0 Å². The molecule has 1 heterocycles. The van der Waals surface area contributed by atoms with E-state index in [2.05, 4.69) is 61.0 Å². The van der Waals surface area contributed by atoms with Crippen LogP contribution in [-0.2, 0) is 6.42 Å². The van der Waals surface area contributed by atoms with Gasteiger partial charge in [0.15, 0.2) is 11.7 Å². The zero-order valence-electron chi connectivity index (χ0n) is 10.0. The lowest BCUT2D eigenvalue weighted by Gasteiger charge is -2.01. The Hall–Kier alpha value is -0.400. The first-order valence-corrected chi connectivity index (χ1v) is 7.62. The molecule has 0 aliphatic carbocycles. The number of nitrogens with one attached hydrogen (secondary N) is 1. The zero-order chi connectivity index (χ0) is 13.0. The molecule has 2 aromatic rings. The summed E-state index contributed by atoms with van der Waals surface area (Å²) in [5, 5.41) is 3.12. The number of oxazole rings is 1. The smallest absolute Gasteiger partial charge is 0.194 e. The van der Waals surface area contributed by atoms with Crippen molar-refractivity contribution in [2.75, 3.05) is 13.6 Å². The van der Waals surface area contributed by atoms with E-state index >= 15 is 0 Å². The lowest BCUT2D eigenvalue weighted by molar-refractivity contribution is 0.495. The number of halogens is 2. The summed E-state index contributed by atoms with van der Waals surface area (Å²) >= 11 is 5.83. The summed E-state index contributed by atoms with van der Waals surface area (Å²) in [5.41, 5.74) is 1.05. The second-order valence-corrected chi connectivity index (χ2v) is 6.05. The third kappa shape index (κ3) is 3.55. The Kier molecular flexibility index (Phi) is 5.20. The first-order valence-electron chi connectivity index (χ1n) is 5.75. The molecule has 1 N–H and O–H groups in total. The van der Waals surface area contributed by atoms with Gasteiger partial charge in [0.25, 0.3) is 0 Å². The second-order valence-electron chi connectivity index (χ2n) is 3.95. The summed E-state index contributed by atoms with van der Waals surface area (Å²) in [7, 11) is 1.95. The van der Waals surface area contributed by atoms with Gasteiger partial charge in [0.2, 0.25) is 0 Å². The van der Waals surface area contributed by atoms with Crippen molar-refractivity contribution in [2.45, 2.75) is 12.8 Å². The molecular formula is C13H14BrIN2O. The summed E-state index contributed by atoms with van der Waals surface area (Å²) < 4.78 is 7.99. The van der Waals surface area contributed by atoms with Crippen molar-refractivity contribution < 1.29 is 4.42 Å². The number of rotatable bonds is 5. The molecule has 0 saturated carbocycles. The Bertz CT molecular complexity index is 527. The highest BCUT2D eigenvalue weighted by Crippen LogP contribution is 2.30. The van der Waals surface area contributed by atoms with Crippen LogP contribution in [0.2, 0.25) is 0 Å². The molecular weight excluding hydrogens is 407 g/mol. The average molecular weight is 421 g/mol. The second kappa shape index (κ2) is 6.68. The highest BCUT2D eigenvalue weighted by atomic mass is 127. The van der Waals surface area contributed by atoms with Crippen molar-refractivity contribution in [3.8, 4) is 11.3 Å². The lowest BCUT2D eigenvalue weighted by Crippen LogP contribution is -2.08. The highest BCUT2D eigenvalue weighted by molar-refractivity contribution is 14.1. The summed E-state index contributed by atoms with van der Waals surface area (Å²) in [6.45, 7) is 0.977. The van der Waals surface area contributed by atoms with E-state index in [4.69, 9.17) is 4.42 Å². The van der Waals surface area contributed by atoms with Gasteiger partial charge >= 0.3 is 0 Å². The summed E-state index contributed by atoms with van der Waals surface area (Å²) in [4.78, 5) is 4.32. The molecule has 0 fully saturated rings. The molecule has 3 nitrogen and oxygen atoms in total. The number of hydrogen-bond donors (Lipinski definition) is 1. The van der Waals surface area contributed by atoms with E-state index < -0.39 is 0 Å². The monoisotopic (exact) mass is 420 g/mol. The average Bonchev–Trinajstić information content (AvgIpc) is 2.81. The predicted molar refractivity (Wildman–Crippen MR) is 84.6 cm³/mol. The van der Waals surface area contributed by atoms with Gasteiger partial charge in [-0.25, -0.2) is 4.98 Å². The molecule has 0 aliphatic rings. The summed E-state index contributed by atoms with van der Waals surface area (Å²) in [6.07, 6.45) is 3.69. The Morgan fingerprint density at radius 1 is 1.44 bits per heavy atom. The van der Waals surface area contributed by atoms with Gasteiger partial charge in [-0.05, 0) is 60.8 Å². The van der Waals surface area contributed by atoms with E-state index in [0.717, 1.165) is 41.1 Å². The van der Waals surface area contributed by atoms with Crippen LogP contribution in [0.1, 0.15) is 12.3 Å². The molecule has 1 aromatic heterocycles. The molecule has 0 radical (unpaired) electrons. The van der Waals surface area contributed by atoms with E-state index in [1.807, 2.05) is 13.1 Å². The maximum atomic E-state index is 5.78. The number of aromatic nitrogens is 1. The van der Waals surface area contributed by atoms with Crippen LogP contribution in [0.25, 0.3) is 11.3 Å². The van der Waals surface area contributed by atoms with Crippen LogP contribution < -0.4 is 5.32 Å². The Morgan fingerprint density at radius 2 is 2.28 bits per heavy atom. The van der Waals surface area contributed by atoms with Crippen molar-refractivity contribution in [3.63, 3.8) is 0 Å². The van der Waals surface area contributed by atoms with Crippen molar-refractivity contribution in [3.05, 3.63) is 38.3 Å². The van der Waals surface area contributed by atoms with E-state index in [1.54, 1.807) is 6.20 Å². The minimum Gasteiger partial charge on any atom is -0.441 e. The normalized spacial score (nSPS) is 10.8. The molecule has 0 bridgehead atoms. The maximum absolute atomic E-state index is 5.78. The van der Waals surface area contributed by atoms with E-state index in [0.29, 0.717) is 0 Å². The standard InChI is InChI=1S/C13H14BrIN2O/c1-16-6-2-3-13-17-8-12(18-13)10-7-9(15)4-5-11(10)14/h4-5,7-8,16H,2-3,6H2,1H3. The first-order chi connectivity index (χ1) is 8.70. The van der Waals surface area contributed by atoms with E-state index in [1.165, 1.54) is 3.57 Å². The summed E-state index contributed by atoms with van der Waals surface area (Å²) in [6, 6.07) is 6.17. The van der Waals surface area contributed by atoms with Crippen molar-refractivity contribution in [1.82, 2.24) is 10.3 Å². The minimum absolute atomic E-state index is 0.797. The Morgan fingerprint density at radius 3 is 3.06 bits per heavy atom. The molecule has 0 amide bonds. The molecule has 0 spiro atoms. The van der Waals surface area contributed by atoms with Gasteiger partial charge < -0.3 is 9.73 Å². The van der Waals surface area contributed by atoms with Gasteiger partial charge in [0, 0.05) is 20.0 Å². The van der Waals surface area contributed by atoms with E-state index in [9.17, 15) is 0 Å². The van der Waals surface area contributed by atoms with E-state index in [-0.39, 0.29) is 0 Å². The van der Waals surface area contributed by atoms with Crippen LogP contribution >= 0.6 is 38.5 Å². The topological polar surface area (TPSA) is 38.1 Å². The van der Waals surface area contributed by atoms with Gasteiger partial charge in [0.1, 0.15) is 0 Å². The fraction of sp³-hybridized carbons (Fsp3) is 0.308. The fourth-order valence-corrected chi connectivity index (χ4v) is 2.59. The lowest BCUT2D eigenvalue weighted by atomic mass is 10.2. The van der Waals surface area contributed by atoms with Gasteiger partial charge in [-0.1, -0.05) is 15.9 Å². The van der Waals surface area contributed by atoms with Crippen LogP contribution in [-0.4, -0.2) is 18.6 Å². The third-order valence-electron chi connectivity index (χ3n) is 2.56. The molecule has 1 aromatic carbocycles. The number of nitrogens with zero attached hydrogens (tertiary/aromatic N) is 1. The third-order valence-corrected chi connectivity index (χ3v) is 3.93. The number of benzene rings is 1. The summed E-state index contributed by atoms with van der Waals surface area (Å²) in [5.74, 6) is 1.62. The number of aryl methyl sites for hydroxylation is 1. The van der Waals surface area contributed by atoms with Crippen LogP contribution in [0.5, 0.6) is 0 Å². The Labute approximate surface area is 129 Å². The van der Waals surface area contributed by atoms with Crippen LogP contribution in [0, 0.1) is 3.57 Å². The quantitative estimate of drug-likeness (QED) is 0.589. The molecule has 96 valence electrons. The molecule has 2 rings (SSSR count). The van der Waals surface area contributed by atoms with Crippen LogP contribution in [0.4, 0.5) is 0 Å². The molecule has 18 heavy (non-hydrogen) atoms. The minimum atomic E-state index is 0.797. The molecule has 0 saturated heterocycles. The van der Waals surface area contributed by atoms with Gasteiger partial charge in [0.05, 0.1) is 6.20 Å². The zero-order valence-corrected chi connectivity index (χ0v) is 13.8. The number of hydrogen-bond acceptors (Lipinski definition) is 3. The van der Waals surface area contributed by atoms with Crippen molar-refractivity contribution in [1.29, 1.82) is 0 Å². The molecule has 0 unspecified atom stereocenters. The fourth-order valence-electron chi connectivity index (χ4n) is 1.65. The van der Waals surface area contributed by atoms with Gasteiger partial charge in [-0.2, -0.15) is 0 Å². The largest absolute Gasteiger partial charge is 0.441 e. The molecule has 0 aliphatic heterocycles. The van der Waals surface area contributed by atoms with Crippen LogP contribution in [0.15, 0.2) is 33.3 Å².